The standard InChI is InChI=1S/C23H24ClF6N7O2S/c1-40(38,39)37-6-4-15(5-7-37)34-21-32-10-16(23(28,29)30)20(35-21)18-11-36(13-33-18)19-3-2-14(8-17(19)24)9-31-12-22(25,26)27/h2-3,8,10-11,13,15,31H,4-7,9,12H2,1H3,(H,32,34,35). The zero-order chi connectivity index (χ0) is 29.3. The smallest absolute Gasteiger partial charge is 0.351 e. The van der Waals surface area contributed by atoms with Gasteiger partial charge >= 0.3 is 12.4 Å². The summed E-state index contributed by atoms with van der Waals surface area (Å²) in [6.07, 6.45) is -3.99. The van der Waals surface area contributed by atoms with E-state index in [2.05, 4.69) is 25.6 Å². The van der Waals surface area contributed by atoms with Crippen molar-refractivity contribution in [2.45, 2.75) is 37.8 Å². The molecular formula is C23H24ClF6N7O2S. The van der Waals surface area contributed by atoms with E-state index in [4.69, 9.17) is 11.6 Å². The first-order valence-electron chi connectivity index (χ1n) is 11.9. The molecule has 0 saturated carbocycles. The lowest BCUT2D eigenvalue weighted by molar-refractivity contribution is -0.137. The summed E-state index contributed by atoms with van der Waals surface area (Å²) in [6.45, 7) is -0.749. The Morgan fingerprint density at radius 1 is 1.10 bits per heavy atom. The summed E-state index contributed by atoms with van der Waals surface area (Å²) >= 11 is 6.31. The van der Waals surface area contributed by atoms with Crippen LogP contribution in [-0.4, -0.2) is 70.4 Å². The van der Waals surface area contributed by atoms with Crippen LogP contribution in [0.4, 0.5) is 32.3 Å². The van der Waals surface area contributed by atoms with Gasteiger partial charge in [0.2, 0.25) is 16.0 Å². The lowest BCUT2D eigenvalue weighted by atomic mass is 10.1. The first-order valence-corrected chi connectivity index (χ1v) is 14.1. The van der Waals surface area contributed by atoms with Gasteiger partial charge in [0.05, 0.1) is 23.5 Å². The van der Waals surface area contributed by atoms with E-state index in [1.165, 1.54) is 39.6 Å². The van der Waals surface area contributed by atoms with Gasteiger partial charge in [0, 0.05) is 38.1 Å². The largest absolute Gasteiger partial charge is 0.420 e. The molecule has 1 aromatic carbocycles. The first kappa shape index (κ1) is 30.0. The fourth-order valence-electron chi connectivity index (χ4n) is 4.16. The molecule has 2 N–H and O–H groups in total. The summed E-state index contributed by atoms with van der Waals surface area (Å²) in [5.74, 6) is -0.0657. The Morgan fingerprint density at radius 2 is 1.80 bits per heavy atom. The number of nitrogens with one attached hydrogen (secondary N) is 2. The molecule has 2 aromatic heterocycles. The van der Waals surface area contributed by atoms with Crippen molar-refractivity contribution in [3.63, 3.8) is 0 Å². The number of piperidine rings is 1. The molecule has 0 atom stereocenters. The molecule has 1 aliphatic heterocycles. The zero-order valence-corrected chi connectivity index (χ0v) is 22.5. The van der Waals surface area contributed by atoms with Crippen LogP contribution in [0.5, 0.6) is 0 Å². The second kappa shape index (κ2) is 11.5. The molecule has 0 spiro atoms. The number of hydrogen-bond donors (Lipinski definition) is 2. The molecule has 4 rings (SSSR count). The Morgan fingerprint density at radius 3 is 2.40 bits per heavy atom. The van der Waals surface area contributed by atoms with Crippen LogP contribution in [0.3, 0.4) is 0 Å². The maximum Gasteiger partial charge on any atom is 0.420 e. The molecule has 0 bridgehead atoms. The van der Waals surface area contributed by atoms with Crippen molar-refractivity contribution < 1.29 is 34.8 Å². The molecule has 1 fully saturated rings. The lowest BCUT2D eigenvalue weighted by Gasteiger charge is -2.30. The predicted molar refractivity (Wildman–Crippen MR) is 135 cm³/mol. The van der Waals surface area contributed by atoms with Gasteiger partial charge in [-0.05, 0) is 30.5 Å². The summed E-state index contributed by atoms with van der Waals surface area (Å²) in [4.78, 5) is 12.0. The third kappa shape index (κ3) is 7.62. The van der Waals surface area contributed by atoms with Gasteiger partial charge in [0.1, 0.15) is 23.3 Å². The van der Waals surface area contributed by atoms with Crippen LogP contribution in [0.2, 0.25) is 5.02 Å². The topological polar surface area (TPSA) is 105 Å². The number of anilines is 1. The van der Waals surface area contributed by atoms with E-state index in [1.54, 1.807) is 0 Å². The lowest BCUT2D eigenvalue weighted by Crippen LogP contribution is -2.42. The van der Waals surface area contributed by atoms with E-state index in [0.29, 0.717) is 30.3 Å². The van der Waals surface area contributed by atoms with Gasteiger partial charge in [-0.3, -0.25) is 0 Å². The molecule has 218 valence electrons. The minimum absolute atomic E-state index is 0.0657. The highest BCUT2D eigenvalue weighted by atomic mass is 35.5. The van der Waals surface area contributed by atoms with Crippen LogP contribution in [0.25, 0.3) is 17.1 Å². The van der Waals surface area contributed by atoms with E-state index < -0.39 is 40.2 Å². The maximum absolute atomic E-state index is 13.8. The van der Waals surface area contributed by atoms with E-state index in [0.717, 1.165) is 6.26 Å². The number of aromatic nitrogens is 4. The molecule has 3 aromatic rings. The summed E-state index contributed by atoms with van der Waals surface area (Å²) < 4.78 is 105. The second-order valence-corrected chi connectivity index (χ2v) is 11.6. The van der Waals surface area contributed by atoms with Crippen molar-refractivity contribution in [2.75, 3.05) is 31.2 Å². The van der Waals surface area contributed by atoms with E-state index in [1.807, 2.05) is 0 Å². The average Bonchev–Trinajstić information content (AvgIpc) is 3.32. The highest BCUT2D eigenvalue weighted by Crippen LogP contribution is 2.36. The van der Waals surface area contributed by atoms with Crippen LogP contribution in [0.1, 0.15) is 24.0 Å². The molecule has 3 heterocycles. The third-order valence-corrected chi connectivity index (χ3v) is 7.73. The minimum atomic E-state index is -4.78. The van der Waals surface area contributed by atoms with E-state index in [9.17, 15) is 34.8 Å². The Labute approximate surface area is 230 Å². The van der Waals surface area contributed by atoms with Crippen LogP contribution in [0, 0.1) is 0 Å². The van der Waals surface area contributed by atoms with Gasteiger partial charge in [0.15, 0.2) is 0 Å². The number of halogens is 7. The quantitative estimate of drug-likeness (QED) is 0.362. The zero-order valence-electron chi connectivity index (χ0n) is 20.9. The molecule has 0 radical (unpaired) electrons. The minimum Gasteiger partial charge on any atom is -0.351 e. The Balaban J connectivity index is 1.54. The molecule has 17 heteroatoms. The summed E-state index contributed by atoms with van der Waals surface area (Å²) in [5.41, 5.74) is -0.865. The molecule has 1 saturated heterocycles. The number of imidazole rings is 1. The van der Waals surface area contributed by atoms with Gasteiger partial charge < -0.3 is 15.2 Å². The number of alkyl halides is 6. The maximum atomic E-state index is 13.8. The molecule has 0 amide bonds. The van der Waals surface area contributed by atoms with Gasteiger partial charge in [-0.2, -0.15) is 26.3 Å². The fraction of sp³-hybridized carbons (Fsp3) is 0.435. The van der Waals surface area contributed by atoms with Crippen molar-refractivity contribution in [1.29, 1.82) is 0 Å². The van der Waals surface area contributed by atoms with Crippen LogP contribution < -0.4 is 10.6 Å². The van der Waals surface area contributed by atoms with Gasteiger partial charge in [-0.25, -0.2) is 27.7 Å². The van der Waals surface area contributed by atoms with Gasteiger partial charge in [-0.15, -0.1) is 0 Å². The normalized spacial score (nSPS) is 15.9. The van der Waals surface area contributed by atoms with Gasteiger partial charge in [-0.1, -0.05) is 17.7 Å². The number of nitrogens with zero attached hydrogens (tertiary/aromatic N) is 5. The van der Waals surface area contributed by atoms with Crippen molar-refractivity contribution >= 4 is 27.6 Å². The highest BCUT2D eigenvalue weighted by Gasteiger charge is 2.36. The summed E-state index contributed by atoms with van der Waals surface area (Å²) in [7, 11) is -3.34. The third-order valence-electron chi connectivity index (χ3n) is 6.12. The fourth-order valence-corrected chi connectivity index (χ4v) is 5.34. The van der Waals surface area contributed by atoms with Gasteiger partial charge in [0.25, 0.3) is 0 Å². The number of sulfonamides is 1. The highest BCUT2D eigenvalue weighted by molar-refractivity contribution is 7.88. The molecule has 0 aliphatic carbocycles. The van der Waals surface area contributed by atoms with E-state index in [-0.39, 0.29) is 42.3 Å². The Hall–Kier alpha value is -2.95. The SMILES string of the molecule is CS(=O)(=O)N1CCC(Nc2ncc(C(F)(F)F)c(-c3cn(-c4ccc(CNCC(F)(F)F)cc4Cl)cn3)n2)CC1. The average molecular weight is 612 g/mol. The molecular weight excluding hydrogens is 588 g/mol. The predicted octanol–water partition coefficient (Wildman–Crippen LogP) is 4.49. The Kier molecular flexibility index (Phi) is 8.63. The first-order chi connectivity index (χ1) is 18.6. The van der Waals surface area contributed by atoms with E-state index >= 15 is 0 Å². The monoisotopic (exact) mass is 611 g/mol. The van der Waals surface area contributed by atoms with Crippen LogP contribution in [-0.2, 0) is 22.7 Å². The van der Waals surface area contributed by atoms with Crippen LogP contribution in [0.15, 0.2) is 36.9 Å². The summed E-state index contributed by atoms with van der Waals surface area (Å²) in [6, 6.07) is 4.25. The Bertz CT molecular complexity index is 1450. The van der Waals surface area contributed by atoms with Crippen molar-refractivity contribution in [2.24, 2.45) is 0 Å². The van der Waals surface area contributed by atoms with Crippen molar-refractivity contribution in [1.82, 2.24) is 29.1 Å². The van der Waals surface area contributed by atoms with Crippen molar-refractivity contribution in [3.05, 3.63) is 53.1 Å². The number of benzene rings is 1. The number of hydrogen-bond acceptors (Lipinski definition) is 7. The van der Waals surface area contributed by atoms with Crippen LogP contribution >= 0.6 is 11.6 Å². The molecule has 1 aliphatic rings. The second-order valence-electron chi connectivity index (χ2n) is 9.20. The number of rotatable bonds is 8. The molecule has 0 unspecified atom stereocenters. The molecule has 40 heavy (non-hydrogen) atoms. The van der Waals surface area contributed by atoms with Crippen molar-refractivity contribution in [3.8, 4) is 17.1 Å². The molecule has 9 nitrogen and oxygen atoms in total. The summed E-state index contributed by atoms with van der Waals surface area (Å²) in [5, 5.41) is 5.39.